The minimum absolute atomic E-state index is 0.214. The van der Waals surface area contributed by atoms with Gasteiger partial charge < -0.3 is 10.1 Å². The van der Waals surface area contributed by atoms with E-state index in [0.717, 1.165) is 29.7 Å². The van der Waals surface area contributed by atoms with Crippen molar-refractivity contribution in [3.8, 4) is 5.75 Å². The van der Waals surface area contributed by atoms with Gasteiger partial charge in [0.05, 0.1) is 0 Å². The molecule has 16 heavy (non-hydrogen) atoms. The van der Waals surface area contributed by atoms with Crippen molar-refractivity contribution in [1.82, 2.24) is 5.32 Å². The number of nitrogens with one attached hydrogen (secondary N) is 1. The summed E-state index contributed by atoms with van der Waals surface area (Å²) in [6.45, 7) is 4.39. The van der Waals surface area contributed by atoms with Crippen LogP contribution in [0.3, 0.4) is 0 Å². The second kappa shape index (κ2) is 7.93. The molecule has 2 nitrogen and oxygen atoms in total. The third-order valence-corrected chi connectivity index (χ3v) is 3.11. The van der Waals surface area contributed by atoms with Gasteiger partial charge in [0.15, 0.2) is 0 Å². The highest BCUT2D eigenvalue weighted by molar-refractivity contribution is 9.10. The summed E-state index contributed by atoms with van der Waals surface area (Å²) in [5.41, 5.74) is 0. The Hall–Kier alpha value is -0.250. The second-order valence-corrected chi connectivity index (χ2v) is 5.05. The Labute approximate surface area is 110 Å². The van der Waals surface area contributed by atoms with Crippen LogP contribution in [0.1, 0.15) is 13.3 Å². The standard InChI is InChI=1S/C12H17BrClNO/c1-2-11(14)9-15-6-7-16-12-5-3-4-10(13)8-12/h3-5,8,11,15H,2,6-7,9H2,1H3. The molecule has 0 bridgehead atoms. The monoisotopic (exact) mass is 305 g/mol. The molecular formula is C12H17BrClNO. The maximum Gasteiger partial charge on any atom is 0.120 e. The normalized spacial score (nSPS) is 12.4. The van der Waals surface area contributed by atoms with Crippen LogP contribution in [0.5, 0.6) is 5.75 Å². The number of halogens is 2. The molecule has 0 aliphatic rings. The molecule has 0 saturated carbocycles. The first kappa shape index (κ1) is 13.8. The zero-order chi connectivity index (χ0) is 11.8. The second-order valence-electron chi connectivity index (χ2n) is 3.52. The van der Waals surface area contributed by atoms with E-state index in [1.165, 1.54) is 0 Å². The first-order valence-electron chi connectivity index (χ1n) is 5.45. The molecule has 1 N–H and O–H groups in total. The molecule has 0 amide bonds. The molecule has 0 heterocycles. The number of ether oxygens (including phenoxy) is 1. The van der Waals surface area contributed by atoms with Crippen molar-refractivity contribution in [1.29, 1.82) is 0 Å². The van der Waals surface area contributed by atoms with Crippen LogP contribution in [0.4, 0.5) is 0 Å². The van der Waals surface area contributed by atoms with Crippen molar-refractivity contribution in [3.05, 3.63) is 28.7 Å². The first-order valence-corrected chi connectivity index (χ1v) is 6.68. The lowest BCUT2D eigenvalue weighted by Crippen LogP contribution is -2.27. The van der Waals surface area contributed by atoms with E-state index in [-0.39, 0.29) is 5.38 Å². The Morgan fingerprint density at radius 3 is 3.00 bits per heavy atom. The zero-order valence-corrected chi connectivity index (χ0v) is 11.7. The number of alkyl halides is 1. The highest BCUT2D eigenvalue weighted by atomic mass is 79.9. The maximum absolute atomic E-state index is 5.97. The van der Waals surface area contributed by atoms with Crippen molar-refractivity contribution < 1.29 is 4.74 Å². The third-order valence-electron chi connectivity index (χ3n) is 2.15. The molecule has 0 aliphatic heterocycles. The summed E-state index contributed by atoms with van der Waals surface area (Å²) < 4.78 is 6.60. The Morgan fingerprint density at radius 2 is 2.31 bits per heavy atom. The number of rotatable bonds is 7. The van der Waals surface area contributed by atoms with Gasteiger partial charge in [-0.25, -0.2) is 0 Å². The highest BCUT2D eigenvalue weighted by Gasteiger charge is 1.99. The molecule has 4 heteroatoms. The van der Waals surface area contributed by atoms with Gasteiger partial charge in [0, 0.05) is 22.9 Å². The summed E-state index contributed by atoms with van der Waals surface area (Å²) in [4.78, 5) is 0. The fourth-order valence-corrected chi connectivity index (χ4v) is 1.69. The van der Waals surface area contributed by atoms with Crippen LogP contribution in [-0.4, -0.2) is 25.1 Å². The van der Waals surface area contributed by atoms with E-state index >= 15 is 0 Å². The molecule has 0 fully saturated rings. The van der Waals surface area contributed by atoms with E-state index in [4.69, 9.17) is 16.3 Å². The predicted molar refractivity (Wildman–Crippen MR) is 72.4 cm³/mol. The van der Waals surface area contributed by atoms with Crippen LogP contribution in [0.25, 0.3) is 0 Å². The maximum atomic E-state index is 5.97. The Kier molecular flexibility index (Phi) is 6.85. The third kappa shape index (κ3) is 5.73. The van der Waals surface area contributed by atoms with E-state index in [0.29, 0.717) is 6.61 Å². The molecule has 0 aliphatic carbocycles. The summed E-state index contributed by atoms with van der Waals surface area (Å²) in [6, 6.07) is 7.83. The van der Waals surface area contributed by atoms with E-state index in [1.807, 2.05) is 24.3 Å². The van der Waals surface area contributed by atoms with Gasteiger partial charge >= 0.3 is 0 Å². The fourth-order valence-electron chi connectivity index (χ4n) is 1.20. The van der Waals surface area contributed by atoms with E-state index in [1.54, 1.807) is 0 Å². The Bertz CT molecular complexity index is 309. The fraction of sp³-hybridized carbons (Fsp3) is 0.500. The van der Waals surface area contributed by atoms with Crippen molar-refractivity contribution in [2.45, 2.75) is 18.7 Å². The van der Waals surface area contributed by atoms with Crippen LogP contribution in [0, 0.1) is 0 Å². The van der Waals surface area contributed by atoms with Gasteiger partial charge in [0.2, 0.25) is 0 Å². The van der Waals surface area contributed by atoms with Crippen molar-refractivity contribution >= 4 is 27.5 Å². The average Bonchev–Trinajstić information content (AvgIpc) is 2.28. The van der Waals surface area contributed by atoms with Gasteiger partial charge in [0.25, 0.3) is 0 Å². The highest BCUT2D eigenvalue weighted by Crippen LogP contribution is 2.17. The quantitative estimate of drug-likeness (QED) is 0.615. The molecule has 1 rings (SSSR count). The van der Waals surface area contributed by atoms with Crippen LogP contribution >= 0.6 is 27.5 Å². The van der Waals surface area contributed by atoms with Gasteiger partial charge in [0.1, 0.15) is 12.4 Å². The molecule has 0 aromatic heterocycles. The number of hydrogen-bond acceptors (Lipinski definition) is 2. The van der Waals surface area contributed by atoms with Gasteiger partial charge in [-0.1, -0.05) is 28.9 Å². The van der Waals surface area contributed by atoms with E-state index < -0.39 is 0 Å². The van der Waals surface area contributed by atoms with Gasteiger partial charge in [-0.15, -0.1) is 11.6 Å². The lowest BCUT2D eigenvalue weighted by molar-refractivity contribution is 0.314. The minimum Gasteiger partial charge on any atom is -0.492 e. The SMILES string of the molecule is CCC(Cl)CNCCOc1cccc(Br)c1. The lowest BCUT2D eigenvalue weighted by atomic mass is 10.3. The molecule has 1 aromatic rings. The van der Waals surface area contributed by atoms with Crippen LogP contribution in [0.2, 0.25) is 0 Å². The number of benzene rings is 1. The van der Waals surface area contributed by atoms with Gasteiger partial charge in [-0.05, 0) is 24.6 Å². The average molecular weight is 307 g/mol. The molecule has 0 spiro atoms. The van der Waals surface area contributed by atoms with E-state index in [2.05, 4.69) is 28.2 Å². The summed E-state index contributed by atoms with van der Waals surface area (Å²) in [7, 11) is 0. The Morgan fingerprint density at radius 1 is 1.50 bits per heavy atom. The predicted octanol–water partition coefficient (Wildman–Crippen LogP) is 3.43. The molecule has 0 saturated heterocycles. The van der Waals surface area contributed by atoms with Crippen LogP contribution < -0.4 is 10.1 Å². The molecular weight excluding hydrogens is 289 g/mol. The summed E-state index contributed by atoms with van der Waals surface area (Å²) >= 11 is 9.37. The molecule has 0 radical (unpaired) electrons. The summed E-state index contributed by atoms with van der Waals surface area (Å²) in [6.07, 6.45) is 0.987. The largest absolute Gasteiger partial charge is 0.492 e. The zero-order valence-electron chi connectivity index (χ0n) is 9.38. The molecule has 1 unspecified atom stereocenters. The van der Waals surface area contributed by atoms with Crippen LogP contribution in [0.15, 0.2) is 28.7 Å². The number of hydrogen-bond donors (Lipinski definition) is 1. The topological polar surface area (TPSA) is 21.3 Å². The van der Waals surface area contributed by atoms with Crippen molar-refractivity contribution in [3.63, 3.8) is 0 Å². The van der Waals surface area contributed by atoms with Crippen molar-refractivity contribution in [2.75, 3.05) is 19.7 Å². The van der Waals surface area contributed by atoms with E-state index in [9.17, 15) is 0 Å². The molecule has 1 atom stereocenters. The van der Waals surface area contributed by atoms with Crippen LogP contribution in [-0.2, 0) is 0 Å². The Balaban J connectivity index is 2.12. The smallest absolute Gasteiger partial charge is 0.120 e. The lowest BCUT2D eigenvalue weighted by Gasteiger charge is -2.09. The van der Waals surface area contributed by atoms with Crippen molar-refractivity contribution in [2.24, 2.45) is 0 Å². The summed E-state index contributed by atoms with van der Waals surface area (Å²) in [5, 5.41) is 3.47. The molecule has 1 aromatic carbocycles. The van der Waals surface area contributed by atoms with Gasteiger partial charge in [-0.3, -0.25) is 0 Å². The summed E-state index contributed by atoms with van der Waals surface area (Å²) in [5.74, 6) is 0.883. The molecule has 90 valence electrons. The first-order chi connectivity index (χ1) is 7.72. The van der Waals surface area contributed by atoms with Gasteiger partial charge in [-0.2, -0.15) is 0 Å². The minimum atomic E-state index is 0.214.